The molecule has 3 nitrogen and oxygen atoms in total. The molecule has 1 aromatic carbocycles. The molecule has 0 aliphatic heterocycles. The number of nitrogens with zero attached hydrogens (tertiary/aromatic N) is 2. The van der Waals surface area contributed by atoms with Crippen LogP contribution in [-0.4, -0.2) is 9.97 Å². The number of nitrogens with one attached hydrogen (secondary N) is 1. The van der Waals surface area contributed by atoms with E-state index in [1.54, 1.807) is 32.2 Å². The Morgan fingerprint density at radius 2 is 2.17 bits per heavy atom. The van der Waals surface area contributed by atoms with Gasteiger partial charge in [0.15, 0.2) is 0 Å². The Kier molecular flexibility index (Phi) is 3.22. The lowest BCUT2D eigenvalue weighted by atomic mass is 9.95. The Bertz CT molecular complexity index is 625. The van der Waals surface area contributed by atoms with Crippen LogP contribution in [0.5, 0.6) is 0 Å². The van der Waals surface area contributed by atoms with Crippen molar-refractivity contribution in [2.24, 2.45) is 0 Å². The van der Waals surface area contributed by atoms with Crippen LogP contribution in [0, 0.1) is 17.1 Å². The van der Waals surface area contributed by atoms with E-state index in [4.69, 9.17) is 5.26 Å². The molecule has 0 radical (unpaired) electrons. The van der Waals surface area contributed by atoms with Crippen molar-refractivity contribution in [3.63, 3.8) is 0 Å². The van der Waals surface area contributed by atoms with Crippen molar-refractivity contribution in [1.29, 1.82) is 5.26 Å². The molecule has 18 heavy (non-hydrogen) atoms. The number of nitriles is 1. The van der Waals surface area contributed by atoms with Crippen molar-refractivity contribution in [2.45, 2.75) is 19.3 Å². The van der Waals surface area contributed by atoms with Crippen LogP contribution in [0.25, 0.3) is 11.3 Å². The standard InChI is InChI=1S/C13H11BrFN3/c1-13(2,7-16)12-17-6-11(18-12)9-5-8(14)3-4-10(9)15/h3-6H,1-2H3,(H,17,18). The normalized spacial score (nSPS) is 11.3. The summed E-state index contributed by atoms with van der Waals surface area (Å²) in [5.41, 5.74) is 0.268. The SMILES string of the molecule is CC(C)(C#N)c1ncc(-c2cc(Br)ccc2F)[nH]1. The van der Waals surface area contributed by atoms with Gasteiger partial charge in [0.05, 0.1) is 18.0 Å². The predicted molar refractivity (Wildman–Crippen MR) is 70.3 cm³/mol. The molecule has 0 saturated heterocycles. The number of imidazole rings is 1. The first-order valence-electron chi connectivity index (χ1n) is 5.36. The maximum absolute atomic E-state index is 13.7. The van der Waals surface area contributed by atoms with Crippen molar-refractivity contribution in [3.8, 4) is 17.3 Å². The third-order valence-electron chi connectivity index (χ3n) is 2.67. The molecular weight excluding hydrogens is 297 g/mol. The summed E-state index contributed by atoms with van der Waals surface area (Å²) >= 11 is 3.30. The third kappa shape index (κ3) is 2.29. The molecule has 5 heteroatoms. The van der Waals surface area contributed by atoms with Crippen LogP contribution in [0.3, 0.4) is 0 Å². The lowest BCUT2D eigenvalue weighted by Crippen LogP contribution is -2.15. The number of halogens is 2. The van der Waals surface area contributed by atoms with Crippen LogP contribution in [0.2, 0.25) is 0 Å². The molecule has 1 heterocycles. The molecule has 0 amide bonds. The van der Waals surface area contributed by atoms with E-state index < -0.39 is 5.41 Å². The number of H-pyrrole nitrogens is 1. The van der Waals surface area contributed by atoms with Gasteiger partial charge in [0.1, 0.15) is 17.1 Å². The molecule has 1 N–H and O–H groups in total. The van der Waals surface area contributed by atoms with Gasteiger partial charge in [-0.2, -0.15) is 5.26 Å². The minimum atomic E-state index is -0.721. The van der Waals surface area contributed by atoms with Crippen LogP contribution in [0.4, 0.5) is 4.39 Å². The van der Waals surface area contributed by atoms with Gasteiger partial charge in [0.25, 0.3) is 0 Å². The van der Waals surface area contributed by atoms with Gasteiger partial charge in [-0.15, -0.1) is 0 Å². The van der Waals surface area contributed by atoms with E-state index in [-0.39, 0.29) is 5.82 Å². The first-order chi connectivity index (χ1) is 8.44. The lowest BCUT2D eigenvalue weighted by molar-refractivity contribution is 0.628. The first kappa shape index (κ1) is 12.8. The van der Waals surface area contributed by atoms with Crippen LogP contribution >= 0.6 is 15.9 Å². The van der Waals surface area contributed by atoms with Crippen molar-refractivity contribution in [3.05, 3.63) is 40.5 Å². The van der Waals surface area contributed by atoms with E-state index in [1.807, 2.05) is 0 Å². The topological polar surface area (TPSA) is 52.5 Å². The second kappa shape index (κ2) is 4.54. The molecule has 0 saturated carbocycles. The van der Waals surface area contributed by atoms with Gasteiger partial charge in [-0.25, -0.2) is 9.37 Å². The maximum atomic E-state index is 13.7. The fraction of sp³-hybridized carbons (Fsp3) is 0.231. The van der Waals surface area contributed by atoms with Crippen molar-refractivity contribution in [2.75, 3.05) is 0 Å². The Labute approximate surface area is 113 Å². The Morgan fingerprint density at radius 1 is 1.44 bits per heavy atom. The van der Waals surface area contributed by atoms with Crippen LogP contribution in [0.15, 0.2) is 28.9 Å². The number of aromatic nitrogens is 2. The quantitative estimate of drug-likeness (QED) is 0.918. The number of rotatable bonds is 2. The average molecular weight is 308 g/mol. The molecule has 2 aromatic rings. The molecule has 0 aliphatic rings. The summed E-state index contributed by atoms with van der Waals surface area (Å²) < 4.78 is 14.5. The molecule has 2 rings (SSSR count). The fourth-order valence-corrected chi connectivity index (χ4v) is 1.89. The minimum absolute atomic E-state index is 0.330. The van der Waals surface area contributed by atoms with Gasteiger partial charge >= 0.3 is 0 Å². The highest BCUT2D eigenvalue weighted by atomic mass is 79.9. The largest absolute Gasteiger partial charge is 0.341 e. The van der Waals surface area contributed by atoms with E-state index in [1.165, 1.54) is 6.07 Å². The third-order valence-corrected chi connectivity index (χ3v) is 3.16. The molecule has 0 bridgehead atoms. The van der Waals surface area contributed by atoms with E-state index in [0.29, 0.717) is 17.1 Å². The van der Waals surface area contributed by atoms with E-state index in [2.05, 4.69) is 32.0 Å². The molecule has 0 aliphatic carbocycles. The van der Waals surface area contributed by atoms with Gasteiger partial charge in [0, 0.05) is 10.0 Å². The Hall–Kier alpha value is -1.67. The number of hydrogen-bond donors (Lipinski definition) is 1. The van der Waals surface area contributed by atoms with E-state index in [0.717, 1.165) is 4.47 Å². The maximum Gasteiger partial charge on any atom is 0.132 e. The average Bonchev–Trinajstić information content (AvgIpc) is 2.82. The van der Waals surface area contributed by atoms with Crippen molar-refractivity contribution < 1.29 is 4.39 Å². The highest BCUT2D eigenvalue weighted by Gasteiger charge is 2.24. The van der Waals surface area contributed by atoms with Gasteiger partial charge in [-0.1, -0.05) is 15.9 Å². The van der Waals surface area contributed by atoms with Crippen LogP contribution in [-0.2, 0) is 5.41 Å². The van der Waals surface area contributed by atoms with Gasteiger partial charge < -0.3 is 4.98 Å². The van der Waals surface area contributed by atoms with Gasteiger partial charge in [-0.3, -0.25) is 0 Å². The zero-order valence-corrected chi connectivity index (χ0v) is 11.5. The summed E-state index contributed by atoms with van der Waals surface area (Å²) in [7, 11) is 0. The minimum Gasteiger partial charge on any atom is -0.341 e. The highest BCUT2D eigenvalue weighted by Crippen LogP contribution is 2.27. The Balaban J connectivity index is 2.48. The number of aromatic amines is 1. The second-order valence-electron chi connectivity index (χ2n) is 4.51. The number of hydrogen-bond acceptors (Lipinski definition) is 2. The van der Waals surface area contributed by atoms with E-state index in [9.17, 15) is 4.39 Å². The summed E-state index contributed by atoms with van der Waals surface area (Å²) in [6.45, 7) is 3.51. The van der Waals surface area contributed by atoms with Gasteiger partial charge in [-0.05, 0) is 32.0 Å². The summed E-state index contributed by atoms with van der Waals surface area (Å²) in [5, 5.41) is 9.03. The summed E-state index contributed by atoms with van der Waals surface area (Å²) in [6.07, 6.45) is 1.54. The van der Waals surface area contributed by atoms with Crippen LogP contribution < -0.4 is 0 Å². The monoisotopic (exact) mass is 307 g/mol. The zero-order valence-electron chi connectivity index (χ0n) is 9.96. The lowest BCUT2D eigenvalue weighted by Gasteiger charge is -2.10. The molecular formula is C13H11BrFN3. The highest BCUT2D eigenvalue weighted by molar-refractivity contribution is 9.10. The summed E-state index contributed by atoms with van der Waals surface area (Å²) in [6, 6.07) is 6.84. The Morgan fingerprint density at radius 3 is 2.83 bits per heavy atom. The predicted octanol–water partition coefficient (Wildman–Crippen LogP) is 3.78. The molecule has 0 unspecified atom stereocenters. The molecule has 0 spiro atoms. The summed E-state index contributed by atoms with van der Waals surface area (Å²) in [5.74, 6) is 0.197. The van der Waals surface area contributed by atoms with Crippen molar-refractivity contribution in [1.82, 2.24) is 9.97 Å². The fourth-order valence-electron chi connectivity index (χ4n) is 1.53. The molecule has 0 atom stereocenters. The second-order valence-corrected chi connectivity index (χ2v) is 5.42. The molecule has 92 valence electrons. The first-order valence-corrected chi connectivity index (χ1v) is 6.15. The zero-order chi connectivity index (χ0) is 13.3. The van der Waals surface area contributed by atoms with Crippen LogP contribution in [0.1, 0.15) is 19.7 Å². The van der Waals surface area contributed by atoms with Crippen molar-refractivity contribution >= 4 is 15.9 Å². The van der Waals surface area contributed by atoms with Gasteiger partial charge in [0.2, 0.25) is 0 Å². The van der Waals surface area contributed by atoms with E-state index >= 15 is 0 Å². The summed E-state index contributed by atoms with van der Waals surface area (Å²) in [4.78, 5) is 7.14. The molecule has 0 fully saturated rings. The smallest absolute Gasteiger partial charge is 0.132 e. The molecule has 1 aromatic heterocycles. The number of benzene rings is 1.